The van der Waals surface area contributed by atoms with E-state index in [0.717, 1.165) is 13.1 Å². The summed E-state index contributed by atoms with van der Waals surface area (Å²) in [5.41, 5.74) is -0.350. The number of Topliss-reactive ketones (excluding diaryl/α,β-unsaturated/α-hetero) is 1. The van der Waals surface area contributed by atoms with E-state index in [2.05, 4.69) is 15.3 Å². The van der Waals surface area contributed by atoms with Crippen LogP contribution in [0.5, 0.6) is 23.0 Å². The predicted molar refractivity (Wildman–Crippen MR) is 220 cm³/mol. The van der Waals surface area contributed by atoms with Crippen LogP contribution in [0.25, 0.3) is 10.8 Å². The molecule has 4 aliphatic heterocycles. The summed E-state index contributed by atoms with van der Waals surface area (Å²) in [5.74, 6) is -8.34. The molecule has 1 fully saturated rings. The fourth-order valence-electron chi connectivity index (χ4n) is 7.92. The van der Waals surface area contributed by atoms with E-state index in [9.17, 15) is 39.9 Å². The number of amides is 1. The van der Waals surface area contributed by atoms with Crippen molar-refractivity contribution in [2.24, 2.45) is 28.8 Å². The Bertz CT molecular complexity index is 2070. The van der Waals surface area contributed by atoms with Gasteiger partial charge in [-0.2, -0.15) is 5.10 Å². The van der Waals surface area contributed by atoms with Gasteiger partial charge in [-0.1, -0.05) is 45.9 Å². The summed E-state index contributed by atoms with van der Waals surface area (Å²) in [4.78, 5) is 42.6. The number of ketones is 1. The summed E-state index contributed by atoms with van der Waals surface area (Å²) in [6.45, 7) is 15.1. The van der Waals surface area contributed by atoms with Crippen molar-refractivity contribution in [2.75, 3.05) is 45.7 Å². The van der Waals surface area contributed by atoms with Gasteiger partial charge >= 0.3 is 11.8 Å². The molecule has 6 rings (SSSR count). The van der Waals surface area contributed by atoms with Crippen LogP contribution in [-0.4, -0.2) is 130 Å². The highest BCUT2D eigenvalue weighted by Crippen LogP contribution is 2.55. The van der Waals surface area contributed by atoms with Crippen LogP contribution < -0.4 is 10.1 Å². The van der Waals surface area contributed by atoms with Crippen LogP contribution in [0.4, 0.5) is 5.69 Å². The van der Waals surface area contributed by atoms with E-state index in [1.54, 1.807) is 44.9 Å². The lowest BCUT2D eigenvalue weighted by molar-refractivity contribution is -0.160. The molecule has 0 aliphatic carbocycles. The monoisotopic (exact) mass is 822 g/mol. The minimum atomic E-state index is -2.04. The molecular formula is C43H58N4O12. The summed E-state index contributed by atoms with van der Waals surface area (Å²) >= 11 is 0. The largest absolute Gasteiger partial charge is 0.507 e. The highest BCUT2D eigenvalue weighted by molar-refractivity contribution is 6.23. The molecule has 322 valence electrons. The number of aliphatic hydroxyl groups is 2. The first-order valence-electron chi connectivity index (χ1n) is 19.8. The third-order valence-corrected chi connectivity index (χ3v) is 11.9. The molecule has 0 radical (unpaired) electrons. The maximum atomic E-state index is 14.4. The van der Waals surface area contributed by atoms with Gasteiger partial charge in [0.2, 0.25) is 0 Å². The van der Waals surface area contributed by atoms with Gasteiger partial charge in [-0.05, 0) is 27.0 Å². The fraction of sp³-hybridized carbons (Fsp3) is 0.535. The van der Waals surface area contributed by atoms with Crippen LogP contribution in [0.3, 0.4) is 0 Å². The minimum Gasteiger partial charge on any atom is -0.507 e. The topological polar surface area (TPSA) is 220 Å². The smallest absolute Gasteiger partial charge is 0.312 e. The zero-order chi connectivity index (χ0) is 43.7. The Morgan fingerprint density at radius 2 is 1.61 bits per heavy atom. The molecule has 4 aliphatic rings. The number of fused-ring (bicyclic) bond motifs is 14. The molecule has 6 N–H and O–H groups in total. The van der Waals surface area contributed by atoms with E-state index >= 15 is 0 Å². The van der Waals surface area contributed by atoms with E-state index in [-0.39, 0.29) is 44.5 Å². The maximum Gasteiger partial charge on any atom is 0.312 e. The minimum absolute atomic E-state index is 0.0559. The number of ether oxygens (including phenoxy) is 4. The van der Waals surface area contributed by atoms with Crippen LogP contribution in [0.15, 0.2) is 41.2 Å². The van der Waals surface area contributed by atoms with E-state index in [4.69, 9.17) is 18.9 Å². The summed E-state index contributed by atoms with van der Waals surface area (Å²) in [5, 5.41) is 66.8. The van der Waals surface area contributed by atoms with Gasteiger partial charge in [-0.3, -0.25) is 19.4 Å². The molecule has 3 unspecified atom stereocenters. The lowest BCUT2D eigenvalue weighted by atomic mass is 9.78. The first-order chi connectivity index (χ1) is 27.7. The van der Waals surface area contributed by atoms with Gasteiger partial charge in [0.25, 0.3) is 11.7 Å². The molecule has 2 aromatic carbocycles. The number of hydrazone groups is 1. The van der Waals surface area contributed by atoms with Crippen LogP contribution in [-0.2, 0) is 23.8 Å². The van der Waals surface area contributed by atoms with Gasteiger partial charge in [0, 0.05) is 87.3 Å². The number of aliphatic hydroxyl groups excluding tert-OH is 2. The maximum absolute atomic E-state index is 14.4. The molecule has 0 saturated carbocycles. The number of methoxy groups -OCH3 is 1. The Hall–Kier alpha value is -5.16. The number of piperazine rings is 1. The second kappa shape index (κ2) is 18.0. The summed E-state index contributed by atoms with van der Waals surface area (Å²) in [6.07, 6.45) is 4.86. The second-order valence-corrected chi connectivity index (χ2v) is 16.1. The van der Waals surface area contributed by atoms with Gasteiger partial charge in [-0.25, -0.2) is 0 Å². The predicted octanol–water partition coefficient (Wildman–Crippen LogP) is 4.34. The van der Waals surface area contributed by atoms with Gasteiger partial charge in [0.15, 0.2) is 5.75 Å². The quantitative estimate of drug-likeness (QED) is 0.109. The Balaban J connectivity index is 1.70. The zero-order valence-electron chi connectivity index (χ0n) is 35.3. The molecule has 16 heteroatoms. The normalized spacial score (nSPS) is 32.1. The number of phenolic OH excluding ortho intramolecular Hbond substituents is 3. The number of rotatable bonds is 4. The molecule has 59 heavy (non-hydrogen) atoms. The molecule has 9 atom stereocenters. The summed E-state index contributed by atoms with van der Waals surface area (Å²) in [6, 6.07) is 0. The molecule has 0 spiro atoms. The van der Waals surface area contributed by atoms with Crippen LogP contribution in [0.1, 0.15) is 70.0 Å². The highest BCUT2D eigenvalue weighted by atomic mass is 16.7. The van der Waals surface area contributed by atoms with Crippen LogP contribution in [0.2, 0.25) is 0 Å². The number of allylic oxidation sites excluding steroid dienone is 2. The van der Waals surface area contributed by atoms with Crippen molar-refractivity contribution in [2.45, 2.75) is 85.6 Å². The number of likely N-dealkylation sites (N-methyl/N-ethyl adjacent to an activating group) is 1. The summed E-state index contributed by atoms with van der Waals surface area (Å²) in [7, 11) is 3.42. The highest BCUT2D eigenvalue weighted by Gasteiger charge is 2.50. The Morgan fingerprint density at radius 3 is 2.24 bits per heavy atom. The lowest BCUT2D eigenvalue weighted by Gasteiger charge is -2.38. The number of phenols is 3. The van der Waals surface area contributed by atoms with Gasteiger partial charge < -0.3 is 54.7 Å². The number of esters is 1. The van der Waals surface area contributed by atoms with Crippen LogP contribution in [0, 0.1) is 30.6 Å². The Morgan fingerprint density at radius 1 is 0.949 bits per heavy atom. The number of hydrogen-bond donors (Lipinski definition) is 6. The molecule has 16 nitrogen and oxygen atoms in total. The van der Waals surface area contributed by atoms with Gasteiger partial charge in [0.1, 0.15) is 23.4 Å². The lowest BCUT2D eigenvalue weighted by Crippen LogP contribution is -2.46. The molecular weight excluding hydrogens is 764 g/mol. The van der Waals surface area contributed by atoms with E-state index in [1.165, 1.54) is 59.4 Å². The van der Waals surface area contributed by atoms with Gasteiger partial charge in [0.05, 0.1) is 53.0 Å². The number of carbonyl (C=O) groups excluding carboxylic acids is 3. The van der Waals surface area contributed by atoms with Crippen molar-refractivity contribution in [1.29, 1.82) is 0 Å². The number of carbonyl (C=O) groups is 3. The number of nitrogens with one attached hydrogen (secondary N) is 1. The molecule has 5 bridgehead atoms. The van der Waals surface area contributed by atoms with E-state index < -0.39 is 88.8 Å². The third kappa shape index (κ3) is 8.91. The molecule has 2 aromatic rings. The zero-order valence-corrected chi connectivity index (χ0v) is 35.3. The molecule has 0 aromatic heterocycles. The van der Waals surface area contributed by atoms with Crippen molar-refractivity contribution in [3.05, 3.63) is 52.8 Å². The number of aromatic hydroxyl groups is 3. The van der Waals surface area contributed by atoms with Crippen molar-refractivity contribution in [3.8, 4) is 23.0 Å². The second-order valence-electron chi connectivity index (χ2n) is 16.1. The molecule has 1 amide bonds. The number of nitrogens with zero attached hydrogens (tertiary/aromatic N) is 3. The first-order valence-corrected chi connectivity index (χ1v) is 19.8. The van der Waals surface area contributed by atoms with Crippen molar-refractivity contribution in [3.63, 3.8) is 0 Å². The average Bonchev–Trinajstić information content (AvgIpc) is 3.46. The third-order valence-electron chi connectivity index (χ3n) is 11.9. The summed E-state index contributed by atoms with van der Waals surface area (Å²) < 4.78 is 23.6. The van der Waals surface area contributed by atoms with Gasteiger partial charge in [-0.15, -0.1) is 0 Å². The van der Waals surface area contributed by atoms with Crippen molar-refractivity contribution < 1.29 is 58.9 Å². The van der Waals surface area contributed by atoms with E-state index in [1.807, 2.05) is 7.05 Å². The van der Waals surface area contributed by atoms with Crippen molar-refractivity contribution in [1.82, 2.24) is 9.91 Å². The van der Waals surface area contributed by atoms with Crippen LogP contribution >= 0.6 is 0 Å². The van der Waals surface area contributed by atoms with E-state index in [0.29, 0.717) is 13.1 Å². The fourth-order valence-corrected chi connectivity index (χ4v) is 7.92. The first kappa shape index (κ1) is 44.9. The molecule has 1 saturated heterocycles. The number of benzene rings is 2. The number of hydrogen-bond acceptors (Lipinski definition) is 15. The van der Waals surface area contributed by atoms with Crippen molar-refractivity contribution >= 4 is 40.3 Å². The Kier molecular flexibility index (Phi) is 13.7. The Labute approximate surface area is 344 Å². The molecule has 4 heterocycles. The number of anilines is 1. The standard InChI is InChI=1S/C43H58N4O12/c1-21-12-11-13-22(2)42(55)45-33-28(20-44-47-17-15-46(9)16-18-47)37(52)30-31(38(33)53)36(51)26(6)40-32(30)41(54)43(8,59-40)57-19-14-29(56-10)23(3)39(58-27(7)48)25(5)35(50)24(4)34(21)49/h11-14,19-21,23-25,29,34-35,39,49-53H,15-18H2,1-10H3,(H,45,55)/b12-11+,19-14+,22-13-,44-20+/t21-,23?,24+,25?,29-,34-,35+,39?,43-/m0/s1. The SMILES string of the molecule is CO[C@H]1/C=C/O[C@@]2(C)Oc3c(C)c(O)c4c(O)c(c(/C=N/N5CCN(C)CC5)c(O)c4c3C2=O)NC(=O)/C(C)=C\C=C\[C@H](C)[C@H](O)[C@@H](C)[C@@H](O)C(C)C(OC(C)=O)C1C. The average molecular weight is 823 g/mol.